The van der Waals surface area contributed by atoms with Crippen LogP contribution < -0.4 is 0 Å². The predicted molar refractivity (Wildman–Crippen MR) is 49.1 cm³/mol. The standard InChI is InChI=1S/C9H5F13O3/c10-3(7(15,16)17)5(11,12)1-24-4(23)25-2-6(13,14)8(18,19)9(20,21)22/h3H,1-2H2/t3-/m1/s1. The highest BCUT2D eigenvalue weighted by Crippen LogP contribution is 2.46. The fourth-order valence-corrected chi connectivity index (χ4v) is 0.957. The van der Waals surface area contributed by atoms with Gasteiger partial charge in [0.25, 0.3) is 6.17 Å². The zero-order valence-corrected chi connectivity index (χ0v) is 11.1. The smallest absolute Gasteiger partial charge is 0.428 e. The first-order chi connectivity index (χ1) is 10.8. The fraction of sp³-hybridized carbons (Fsp3) is 0.889. The van der Waals surface area contributed by atoms with Crippen molar-refractivity contribution in [3.05, 3.63) is 0 Å². The molecule has 0 heterocycles. The van der Waals surface area contributed by atoms with Gasteiger partial charge in [-0.05, 0) is 0 Å². The number of carbonyl (C=O) groups is 1. The Hall–Kier alpha value is -1.64. The lowest BCUT2D eigenvalue weighted by Gasteiger charge is -2.27. The molecule has 25 heavy (non-hydrogen) atoms. The van der Waals surface area contributed by atoms with Crippen molar-refractivity contribution in [3.8, 4) is 0 Å². The number of alkyl halides is 13. The lowest BCUT2D eigenvalue weighted by Crippen LogP contribution is -2.54. The Labute approximate surface area is 128 Å². The number of carbonyl (C=O) groups excluding carboxylic acids is 1. The van der Waals surface area contributed by atoms with Gasteiger partial charge in [0.1, 0.15) is 0 Å². The highest BCUT2D eigenvalue weighted by atomic mass is 19.4. The van der Waals surface area contributed by atoms with Crippen molar-refractivity contribution in [3.63, 3.8) is 0 Å². The van der Waals surface area contributed by atoms with Gasteiger partial charge >= 0.3 is 36.3 Å². The van der Waals surface area contributed by atoms with Crippen molar-refractivity contribution in [2.75, 3.05) is 13.2 Å². The molecule has 0 aliphatic carbocycles. The van der Waals surface area contributed by atoms with E-state index in [-0.39, 0.29) is 0 Å². The van der Waals surface area contributed by atoms with Crippen molar-refractivity contribution in [2.24, 2.45) is 0 Å². The van der Waals surface area contributed by atoms with E-state index in [0.717, 1.165) is 0 Å². The molecule has 0 aliphatic heterocycles. The molecule has 0 aliphatic rings. The molecule has 16 heteroatoms. The minimum atomic E-state index is -6.77. The molecule has 0 N–H and O–H groups in total. The normalized spacial score (nSPS) is 15.7. The summed E-state index contributed by atoms with van der Waals surface area (Å²) in [6.45, 7) is -5.73. The van der Waals surface area contributed by atoms with Crippen LogP contribution in [0.15, 0.2) is 0 Å². The second-order valence-corrected chi connectivity index (χ2v) is 4.27. The molecule has 150 valence electrons. The Morgan fingerprint density at radius 3 is 1.52 bits per heavy atom. The van der Waals surface area contributed by atoms with Crippen molar-refractivity contribution in [2.45, 2.75) is 36.3 Å². The van der Waals surface area contributed by atoms with Crippen LogP contribution in [0.4, 0.5) is 61.9 Å². The van der Waals surface area contributed by atoms with Gasteiger partial charge in [0.15, 0.2) is 13.2 Å². The van der Waals surface area contributed by atoms with E-state index in [2.05, 4.69) is 9.47 Å². The third-order valence-electron chi connectivity index (χ3n) is 2.23. The second-order valence-electron chi connectivity index (χ2n) is 4.27. The Bertz CT molecular complexity index is 466. The first-order valence-corrected chi connectivity index (χ1v) is 5.46. The third-order valence-corrected chi connectivity index (χ3v) is 2.23. The Balaban J connectivity index is 4.74. The molecule has 0 aromatic rings. The van der Waals surface area contributed by atoms with E-state index in [0.29, 0.717) is 0 Å². The van der Waals surface area contributed by atoms with Crippen molar-refractivity contribution < 1.29 is 71.3 Å². The van der Waals surface area contributed by atoms with Gasteiger partial charge < -0.3 is 9.47 Å². The van der Waals surface area contributed by atoms with Crippen molar-refractivity contribution >= 4 is 6.16 Å². The highest BCUT2D eigenvalue weighted by Gasteiger charge is 2.73. The maximum Gasteiger partial charge on any atom is 0.508 e. The van der Waals surface area contributed by atoms with Crippen LogP contribution in [0.3, 0.4) is 0 Å². The summed E-state index contributed by atoms with van der Waals surface area (Å²) < 4.78 is 164. The van der Waals surface area contributed by atoms with Gasteiger partial charge in [-0.3, -0.25) is 0 Å². The third kappa shape index (κ3) is 5.69. The Kier molecular flexibility index (Phi) is 6.48. The van der Waals surface area contributed by atoms with E-state index >= 15 is 0 Å². The molecule has 0 rings (SSSR count). The van der Waals surface area contributed by atoms with E-state index in [4.69, 9.17) is 0 Å². The van der Waals surface area contributed by atoms with Crippen LogP contribution in [-0.2, 0) is 9.47 Å². The van der Waals surface area contributed by atoms with Crippen LogP contribution in [0.5, 0.6) is 0 Å². The van der Waals surface area contributed by atoms with Crippen LogP contribution in [0, 0.1) is 0 Å². The molecule has 3 nitrogen and oxygen atoms in total. The average Bonchev–Trinajstić information content (AvgIpc) is 2.39. The van der Waals surface area contributed by atoms with Gasteiger partial charge in [-0.2, -0.15) is 52.7 Å². The maximum atomic E-state index is 12.7. The molecular formula is C9H5F13O3. The van der Waals surface area contributed by atoms with E-state index in [9.17, 15) is 61.9 Å². The zero-order valence-electron chi connectivity index (χ0n) is 11.1. The van der Waals surface area contributed by atoms with E-state index in [1.165, 1.54) is 0 Å². The van der Waals surface area contributed by atoms with Crippen molar-refractivity contribution in [1.82, 2.24) is 0 Å². The van der Waals surface area contributed by atoms with E-state index < -0.39 is 55.7 Å². The van der Waals surface area contributed by atoms with Gasteiger partial charge in [0.2, 0.25) is 0 Å². The largest absolute Gasteiger partial charge is 0.508 e. The summed E-state index contributed by atoms with van der Waals surface area (Å²) in [6.07, 6.45) is -20.5. The summed E-state index contributed by atoms with van der Waals surface area (Å²) in [5.74, 6) is -18.2. The monoisotopic (exact) mass is 408 g/mol. The molecule has 0 unspecified atom stereocenters. The minimum absolute atomic E-state index is 2.71. The molecule has 0 saturated carbocycles. The second kappa shape index (κ2) is 6.93. The summed E-state index contributed by atoms with van der Waals surface area (Å²) >= 11 is 0. The van der Waals surface area contributed by atoms with E-state index in [1.807, 2.05) is 0 Å². The van der Waals surface area contributed by atoms with Crippen LogP contribution in [-0.4, -0.2) is 55.7 Å². The number of halogens is 13. The SMILES string of the molecule is O=C(OCC(F)(F)[C@@H](F)C(F)(F)F)OCC(F)(F)C(F)(F)C(F)(F)F. The van der Waals surface area contributed by atoms with Gasteiger partial charge in [-0.25, -0.2) is 9.18 Å². The summed E-state index contributed by atoms with van der Waals surface area (Å²) in [5, 5.41) is 0. The molecule has 0 spiro atoms. The van der Waals surface area contributed by atoms with Crippen LogP contribution in [0.25, 0.3) is 0 Å². The number of hydrogen-bond donors (Lipinski definition) is 0. The first kappa shape index (κ1) is 23.4. The van der Waals surface area contributed by atoms with Crippen LogP contribution >= 0.6 is 0 Å². The number of rotatable bonds is 6. The summed E-state index contributed by atoms with van der Waals surface area (Å²) in [6, 6.07) is 0. The average molecular weight is 408 g/mol. The lowest BCUT2D eigenvalue weighted by molar-refractivity contribution is -0.359. The molecule has 0 saturated heterocycles. The van der Waals surface area contributed by atoms with Gasteiger partial charge in [0, 0.05) is 0 Å². The van der Waals surface area contributed by atoms with Crippen LogP contribution in [0.2, 0.25) is 0 Å². The predicted octanol–water partition coefficient (Wildman–Crippen LogP) is 4.51. The van der Waals surface area contributed by atoms with Crippen molar-refractivity contribution in [1.29, 1.82) is 0 Å². The molecule has 0 bridgehead atoms. The van der Waals surface area contributed by atoms with E-state index in [1.54, 1.807) is 0 Å². The summed E-state index contributed by atoms with van der Waals surface area (Å²) in [4.78, 5) is 10.5. The Morgan fingerprint density at radius 1 is 0.760 bits per heavy atom. The molecule has 1 atom stereocenters. The quantitative estimate of drug-likeness (QED) is 0.480. The lowest BCUT2D eigenvalue weighted by atomic mass is 10.2. The molecule has 0 aromatic heterocycles. The molecular weight excluding hydrogens is 403 g/mol. The molecule has 0 radical (unpaired) electrons. The summed E-state index contributed by atoms with van der Waals surface area (Å²) in [7, 11) is 0. The molecule has 0 amide bonds. The van der Waals surface area contributed by atoms with Gasteiger partial charge in [0.05, 0.1) is 0 Å². The highest BCUT2D eigenvalue weighted by molar-refractivity contribution is 5.60. The minimum Gasteiger partial charge on any atom is -0.428 e. The molecule has 0 fully saturated rings. The first-order valence-electron chi connectivity index (χ1n) is 5.46. The van der Waals surface area contributed by atoms with Gasteiger partial charge in [-0.15, -0.1) is 0 Å². The zero-order chi connectivity index (χ0) is 20.5. The maximum absolute atomic E-state index is 12.7. The van der Waals surface area contributed by atoms with Crippen LogP contribution in [0.1, 0.15) is 0 Å². The number of hydrogen-bond acceptors (Lipinski definition) is 3. The summed E-state index contributed by atoms with van der Waals surface area (Å²) in [5.41, 5.74) is 0. The molecule has 0 aromatic carbocycles. The van der Waals surface area contributed by atoms with Gasteiger partial charge in [-0.1, -0.05) is 0 Å². The fourth-order valence-electron chi connectivity index (χ4n) is 0.957. The number of ether oxygens (including phenoxy) is 2. The topological polar surface area (TPSA) is 35.5 Å². The Morgan fingerprint density at radius 2 is 1.16 bits per heavy atom.